The third-order valence-electron chi connectivity index (χ3n) is 4.21. The van der Waals surface area contributed by atoms with E-state index < -0.39 is 18.0 Å². The molecule has 7 heteroatoms. The number of hydrogen-bond donors (Lipinski definition) is 2. The zero-order valence-electron chi connectivity index (χ0n) is 14.4. The standard InChI is InChI=1S/C17H23N3O4/c1-10-5-6-11(2)15(12(10)3)24-8-7-20(4)14(21)9-13-16(22)19-17(23)18-13/h5-6,13H,7-9H2,1-4H3,(H2,18,19,22,23)/t13-/m1/s1. The van der Waals surface area contributed by atoms with Crippen molar-refractivity contribution in [3.63, 3.8) is 0 Å². The second kappa shape index (κ2) is 7.33. The molecular formula is C17H23N3O4. The molecule has 1 atom stereocenters. The highest BCUT2D eigenvalue weighted by atomic mass is 16.5. The van der Waals surface area contributed by atoms with Gasteiger partial charge >= 0.3 is 6.03 Å². The van der Waals surface area contributed by atoms with E-state index in [0.717, 1.165) is 22.4 Å². The van der Waals surface area contributed by atoms with Crippen LogP contribution in [0.25, 0.3) is 0 Å². The third-order valence-corrected chi connectivity index (χ3v) is 4.21. The van der Waals surface area contributed by atoms with E-state index in [-0.39, 0.29) is 12.3 Å². The molecule has 7 nitrogen and oxygen atoms in total. The van der Waals surface area contributed by atoms with Crippen LogP contribution >= 0.6 is 0 Å². The number of aryl methyl sites for hydroxylation is 2. The third kappa shape index (κ3) is 4.04. The first-order valence-electron chi connectivity index (χ1n) is 7.84. The molecule has 1 aromatic carbocycles. The Morgan fingerprint density at radius 3 is 2.50 bits per heavy atom. The Balaban J connectivity index is 1.84. The summed E-state index contributed by atoms with van der Waals surface area (Å²) in [6, 6.07) is 2.70. The maximum atomic E-state index is 12.1. The van der Waals surface area contributed by atoms with E-state index in [4.69, 9.17) is 4.74 Å². The molecule has 1 heterocycles. The minimum atomic E-state index is -0.797. The first kappa shape index (κ1) is 17.8. The number of rotatable bonds is 6. The van der Waals surface area contributed by atoms with Gasteiger partial charge in [-0.1, -0.05) is 12.1 Å². The molecule has 0 aromatic heterocycles. The Kier molecular flexibility index (Phi) is 5.43. The van der Waals surface area contributed by atoms with Gasteiger partial charge in [-0.05, 0) is 37.5 Å². The highest BCUT2D eigenvalue weighted by molar-refractivity contribution is 6.05. The minimum absolute atomic E-state index is 0.0590. The van der Waals surface area contributed by atoms with Crippen LogP contribution in [-0.4, -0.2) is 49.0 Å². The topological polar surface area (TPSA) is 87.7 Å². The van der Waals surface area contributed by atoms with Crippen molar-refractivity contribution in [3.05, 3.63) is 28.8 Å². The zero-order chi connectivity index (χ0) is 17.9. The van der Waals surface area contributed by atoms with Gasteiger partial charge in [-0.3, -0.25) is 14.9 Å². The second-order valence-corrected chi connectivity index (χ2v) is 6.04. The Morgan fingerprint density at radius 1 is 1.21 bits per heavy atom. The predicted molar refractivity (Wildman–Crippen MR) is 88.9 cm³/mol. The van der Waals surface area contributed by atoms with E-state index in [1.807, 2.05) is 32.9 Å². The molecule has 130 valence electrons. The predicted octanol–water partition coefficient (Wildman–Crippen LogP) is 1.05. The number of likely N-dealkylation sites (N-methyl/N-ethyl adjacent to an activating group) is 1. The van der Waals surface area contributed by atoms with Gasteiger partial charge in [0.05, 0.1) is 13.0 Å². The number of nitrogens with one attached hydrogen (secondary N) is 2. The van der Waals surface area contributed by atoms with Crippen LogP contribution in [-0.2, 0) is 9.59 Å². The van der Waals surface area contributed by atoms with Crippen molar-refractivity contribution in [2.45, 2.75) is 33.2 Å². The molecule has 0 saturated carbocycles. The molecule has 2 rings (SSSR count). The number of amides is 4. The molecule has 1 aliphatic heterocycles. The summed E-state index contributed by atoms with van der Waals surface area (Å²) in [5, 5.41) is 4.52. The Labute approximate surface area is 141 Å². The fraction of sp³-hybridized carbons (Fsp3) is 0.471. The van der Waals surface area contributed by atoms with E-state index >= 15 is 0 Å². The van der Waals surface area contributed by atoms with Crippen molar-refractivity contribution in [3.8, 4) is 5.75 Å². The second-order valence-electron chi connectivity index (χ2n) is 6.04. The molecule has 4 amide bonds. The minimum Gasteiger partial charge on any atom is -0.491 e. The van der Waals surface area contributed by atoms with Crippen molar-refractivity contribution in [1.29, 1.82) is 0 Å². The Hall–Kier alpha value is -2.57. The monoisotopic (exact) mass is 333 g/mol. The van der Waals surface area contributed by atoms with Crippen LogP contribution in [0.1, 0.15) is 23.1 Å². The van der Waals surface area contributed by atoms with Crippen molar-refractivity contribution in [1.82, 2.24) is 15.5 Å². The van der Waals surface area contributed by atoms with E-state index in [9.17, 15) is 14.4 Å². The smallest absolute Gasteiger partial charge is 0.322 e. The quantitative estimate of drug-likeness (QED) is 0.762. The summed E-state index contributed by atoms with van der Waals surface area (Å²) in [6.45, 7) is 6.77. The van der Waals surface area contributed by atoms with Crippen LogP contribution < -0.4 is 15.4 Å². The van der Waals surface area contributed by atoms with Crippen LogP contribution in [0, 0.1) is 20.8 Å². The van der Waals surface area contributed by atoms with Gasteiger partial charge in [0.15, 0.2) is 0 Å². The average molecular weight is 333 g/mol. The maximum Gasteiger partial charge on any atom is 0.322 e. The summed E-state index contributed by atoms with van der Waals surface area (Å²) in [6.07, 6.45) is -0.0590. The highest BCUT2D eigenvalue weighted by Crippen LogP contribution is 2.25. The van der Waals surface area contributed by atoms with E-state index in [1.165, 1.54) is 4.90 Å². The molecule has 1 fully saturated rings. The van der Waals surface area contributed by atoms with Gasteiger partial charge in [-0.25, -0.2) is 4.79 Å². The zero-order valence-corrected chi connectivity index (χ0v) is 14.4. The number of nitrogens with zero attached hydrogens (tertiary/aromatic N) is 1. The summed E-state index contributed by atoms with van der Waals surface area (Å²) < 4.78 is 5.83. The number of carbonyl (C=O) groups is 3. The molecule has 0 radical (unpaired) electrons. The summed E-state index contributed by atoms with van der Waals surface area (Å²) in [7, 11) is 1.65. The molecule has 0 aliphatic carbocycles. The lowest BCUT2D eigenvalue weighted by Crippen LogP contribution is -2.38. The Morgan fingerprint density at radius 2 is 1.88 bits per heavy atom. The average Bonchev–Trinajstić information content (AvgIpc) is 2.84. The summed E-state index contributed by atoms with van der Waals surface area (Å²) in [4.78, 5) is 36.1. The first-order chi connectivity index (χ1) is 11.3. The SMILES string of the molecule is Cc1ccc(C)c(OCCN(C)C(=O)C[C@H]2NC(=O)NC2=O)c1C. The summed E-state index contributed by atoms with van der Waals surface area (Å²) in [5.41, 5.74) is 3.30. The van der Waals surface area contributed by atoms with Crippen LogP contribution in [0.4, 0.5) is 4.79 Å². The summed E-state index contributed by atoms with van der Waals surface area (Å²) >= 11 is 0. The molecule has 1 aliphatic rings. The van der Waals surface area contributed by atoms with Gasteiger partial charge < -0.3 is 15.0 Å². The van der Waals surface area contributed by atoms with Crippen molar-refractivity contribution in [2.24, 2.45) is 0 Å². The molecule has 0 unspecified atom stereocenters. The van der Waals surface area contributed by atoms with Crippen molar-refractivity contribution in [2.75, 3.05) is 20.2 Å². The fourth-order valence-electron chi connectivity index (χ4n) is 2.49. The number of imide groups is 1. The van der Waals surface area contributed by atoms with Crippen LogP contribution in [0.15, 0.2) is 12.1 Å². The van der Waals surface area contributed by atoms with Gasteiger partial charge in [0.1, 0.15) is 18.4 Å². The van der Waals surface area contributed by atoms with Gasteiger partial charge in [0.2, 0.25) is 5.91 Å². The molecule has 0 spiro atoms. The first-order valence-corrected chi connectivity index (χ1v) is 7.84. The van der Waals surface area contributed by atoms with Crippen molar-refractivity contribution < 1.29 is 19.1 Å². The van der Waals surface area contributed by atoms with E-state index in [0.29, 0.717) is 13.2 Å². The fourth-order valence-corrected chi connectivity index (χ4v) is 2.49. The van der Waals surface area contributed by atoms with Crippen molar-refractivity contribution >= 4 is 17.8 Å². The molecular weight excluding hydrogens is 310 g/mol. The normalized spacial score (nSPS) is 16.6. The lowest BCUT2D eigenvalue weighted by atomic mass is 10.1. The van der Waals surface area contributed by atoms with E-state index in [2.05, 4.69) is 10.6 Å². The molecule has 2 N–H and O–H groups in total. The van der Waals surface area contributed by atoms with Crippen LogP contribution in [0.3, 0.4) is 0 Å². The molecule has 1 saturated heterocycles. The Bertz CT molecular complexity index is 672. The lowest BCUT2D eigenvalue weighted by molar-refractivity contribution is -0.133. The largest absolute Gasteiger partial charge is 0.491 e. The van der Waals surface area contributed by atoms with Gasteiger partial charge in [-0.15, -0.1) is 0 Å². The van der Waals surface area contributed by atoms with Gasteiger partial charge in [0, 0.05) is 7.05 Å². The highest BCUT2D eigenvalue weighted by Gasteiger charge is 2.32. The number of hydrogen-bond acceptors (Lipinski definition) is 4. The van der Waals surface area contributed by atoms with Crippen LogP contribution in [0.5, 0.6) is 5.75 Å². The summed E-state index contributed by atoms with van der Waals surface area (Å²) in [5.74, 6) is 0.154. The number of urea groups is 1. The lowest BCUT2D eigenvalue weighted by Gasteiger charge is -2.20. The van der Waals surface area contributed by atoms with Crippen LogP contribution in [0.2, 0.25) is 0 Å². The van der Waals surface area contributed by atoms with E-state index in [1.54, 1.807) is 7.05 Å². The molecule has 0 bridgehead atoms. The number of carbonyl (C=O) groups excluding carboxylic acids is 3. The maximum absolute atomic E-state index is 12.1. The van der Waals surface area contributed by atoms with Gasteiger partial charge in [-0.2, -0.15) is 0 Å². The molecule has 1 aromatic rings. The number of benzene rings is 1. The molecule has 24 heavy (non-hydrogen) atoms. The van der Waals surface area contributed by atoms with Gasteiger partial charge in [0.25, 0.3) is 5.91 Å². The number of ether oxygens (including phenoxy) is 1.